The van der Waals surface area contributed by atoms with Crippen LogP contribution in [-0.2, 0) is 37.0 Å². The number of carbonyl (C=O) groups excluding carboxylic acids is 4. The van der Waals surface area contributed by atoms with Crippen molar-refractivity contribution < 1.29 is 46.9 Å². The normalized spacial score (nSPS) is 27.5. The van der Waals surface area contributed by atoms with Crippen LogP contribution in [0.25, 0.3) is 0 Å². The van der Waals surface area contributed by atoms with E-state index in [-0.39, 0.29) is 39.4 Å². The number of benzene rings is 2. The number of fused-ring (bicyclic) bond motifs is 2. The molecule has 0 bridgehead atoms. The number of rotatable bonds is 6. The molecule has 2 saturated heterocycles. The minimum absolute atomic E-state index is 0.152. The molecule has 2 heterocycles. The van der Waals surface area contributed by atoms with Gasteiger partial charge in [-0.2, -0.15) is 0 Å². The molecular formula is C40H53F2N3O8. The van der Waals surface area contributed by atoms with Crippen molar-refractivity contribution in [2.24, 2.45) is 17.3 Å². The number of alkyl halides is 2. The number of likely N-dealkylation sites (tertiary alicyclic amines) is 2. The smallest absolute Gasteiger partial charge is 0.410 e. The standard InChI is InChI=1S/C20H27FN2O4.C20H26FNO4/c1-19(2,3)27-17(24)22-20-10-9-16(21)15(20)11-23(13-20)18(25)26-12-14-7-5-4-6-8-14;1-19(2,3)26-17(23)20-10-9-16(21)15(20)11-22(13-20)18(24)25-12-14-7-5-4-6-8-14/h4-8,15-16H,9-13H2,1-3H3,(H,22,24);4-8,15-16H,9-13H2,1-3H3/t2*15-,16+,20+/m00/s1. The van der Waals surface area contributed by atoms with Gasteiger partial charge in [0.1, 0.15) is 36.8 Å². The van der Waals surface area contributed by atoms with E-state index in [1.54, 1.807) is 41.5 Å². The van der Waals surface area contributed by atoms with Crippen LogP contribution in [0.5, 0.6) is 0 Å². The van der Waals surface area contributed by atoms with Gasteiger partial charge in [0.05, 0.1) is 11.0 Å². The van der Waals surface area contributed by atoms with Gasteiger partial charge < -0.3 is 34.1 Å². The highest BCUT2D eigenvalue weighted by molar-refractivity contribution is 5.81. The summed E-state index contributed by atoms with van der Waals surface area (Å²) in [5, 5.41) is 2.85. The van der Waals surface area contributed by atoms with E-state index in [1.165, 1.54) is 9.80 Å². The number of nitrogens with one attached hydrogen (secondary N) is 1. The summed E-state index contributed by atoms with van der Waals surface area (Å²) < 4.78 is 50.4. The number of nitrogens with zero attached hydrogens (tertiary/aromatic N) is 2. The van der Waals surface area contributed by atoms with Crippen LogP contribution in [0.4, 0.5) is 23.2 Å². The van der Waals surface area contributed by atoms with Crippen molar-refractivity contribution in [2.45, 2.75) is 110 Å². The zero-order chi connectivity index (χ0) is 38.6. The molecule has 0 radical (unpaired) electrons. The Morgan fingerprint density at radius 3 is 1.70 bits per heavy atom. The van der Waals surface area contributed by atoms with Crippen LogP contribution in [0.15, 0.2) is 60.7 Å². The number of carbonyl (C=O) groups is 4. The Balaban J connectivity index is 0.000000204. The minimum Gasteiger partial charge on any atom is -0.459 e. The Bertz CT molecular complexity index is 1600. The molecule has 2 saturated carbocycles. The third kappa shape index (κ3) is 9.77. The average Bonchev–Trinajstić information content (AvgIpc) is 3.82. The summed E-state index contributed by atoms with van der Waals surface area (Å²) in [6.07, 6.45) is -2.19. The van der Waals surface area contributed by atoms with E-state index in [4.69, 9.17) is 18.9 Å². The highest BCUT2D eigenvalue weighted by Crippen LogP contribution is 2.51. The van der Waals surface area contributed by atoms with Gasteiger partial charge in [-0.3, -0.25) is 4.79 Å². The van der Waals surface area contributed by atoms with Crippen LogP contribution >= 0.6 is 0 Å². The molecule has 1 N–H and O–H groups in total. The molecule has 6 rings (SSSR count). The second kappa shape index (κ2) is 15.9. The zero-order valence-corrected chi connectivity index (χ0v) is 31.6. The second-order valence-electron chi connectivity index (χ2n) is 16.6. The van der Waals surface area contributed by atoms with Gasteiger partial charge in [0.15, 0.2) is 0 Å². The van der Waals surface area contributed by atoms with Gasteiger partial charge in [-0.25, -0.2) is 23.2 Å². The van der Waals surface area contributed by atoms with E-state index in [1.807, 2.05) is 60.7 Å². The van der Waals surface area contributed by atoms with Crippen molar-refractivity contribution in [1.29, 1.82) is 0 Å². The molecule has 0 unspecified atom stereocenters. The van der Waals surface area contributed by atoms with Crippen molar-refractivity contribution in [1.82, 2.24) is 15.1 Å². The lowest BCUT2D eigenvalue weighted by Crippen LogP contribution is -2.54. The average molecular weight is 742 g/mol. The molecule has 6 atom stereocenters. The molecule has 3 amide bonds. The number of esters is 1. The first kappa shape index (κ1) is 39.8. The van der Waals surface area contributed by atoms with E-state index in [2.05, 4.69) is 5.32 Å². The van der Waals surface area contributed by atoms with Gasteiger partial charge in [-0.1, -0.05) is 60.7 Å². The number of hydrogen-bond donors (Lipinski definition) is 1. The van der Waals surface area contributed by atoms with Crippen molar-refractivity contribution in [3.05, 3.63) is 71.8 Å². The maximum absolute atomic E-state index is 14.4. The lowest BCUT2D eigenvalue weighted by atomic mass is 9.80. The van der Waals surface area contributed by atoms with Gasteiger partial charge >= 0.3 is 24.2 Å². The Hall–Kier alpha value is -4.42. The highest BCUT2D eigenvalue weighted by atomic mass is 19.1. The van der Waals surface area contributed by atoms with Crippen molar-refractivity contribution in [2.75, 3.05) is 26.2 Å². The Labute approximate surface area is 310 Å². The number of amides is 3. The summed E-state index contributed by atoms with van der Waals surface area (Å²) in [4.78, 5) is 52.9. The van der Waals surface area contributed by atoms with E-state index < -0.39 is 70.6 Å². The lowest BCUT2D eigenvalue weighted by molar-refractivity contribution is -0.168. The molecule has 0 spiro atoms. The zero-order valence-electron chi connectivity index (χ0n) is 31.6. The third-order valence-electron chi connectivity index (χ3n) is 10.3. The van der Waals surface area contributed by atoms with E-state index in [0.717, 1.165) is 11.1 Å². The van der Waals surface area contributed by atoms with Crippen LogP contribution < -0.4 is 5.32 Å². The number of hydrogen-bond acceptors (Lipinski definition) is 8. The van der Waals surface area contributed by atoms with E-state index in [9.17, 15) is 28.0 Å². The molecule has 2 aromatic rings. The summed E-state index contributed by atoms with van der Waals surface area (Å²) in [6, 6.07) is 18.7. The van der Waals surface area contributed by atoms with Gasteiger partial charge in [0, 0.05) is 38.0 Å². The Morgan fingerprint density at radius 2 is 1.17 bits per heavy atom. The van der Waals surface area contributed by atoms with Crippen molar-refractivity contribution >= 4 is 24.2 Å². The van der Waals surface area contributed by atoms with Crippen LogP contribution in [0.1, 0.15) is 78.4 Å². The molecule has 2 aromatic carbocycles. The molecule has 4 aliphatic rings. The number of halogens is 2. The first-order valence-corrected chi connectivity index (χ1v) is 18.3. The van der Waals surface area contributed by atoms with Crippen LogP contribution in [0.2, 0.25) is 0 Å². The minimum atomic E-state index is -1.10. The molecule has 4 fully saturated rings. The fraction of sp³-hybridized carbons (Fsp3) is 0.600. The van der Waals surface area contributed by atoms with Gasteiger partial charge in [-0.15, -0.1) is 0 Å². The van der Waals surface area contributed by atoms with E-state index in [0.29, 0.717) is 25.7 Å². The number of ether oxygens (including phenoxy) is 4. The van der Waals surface area contributed by atoms with Gasteiger partial charge in [0.25, 0.3) is 0 Å². The van der Waals surface area contributed by atoms with Gasteiger partial charge in [-0.05, 0) is 78.4 Å². The summed E-state index contributed by atoms with van der Waals surface area (Å²) in [6.45, 7) is 11.8. The molecule has 290 valence electrons. The van der Waals surface area contributed by atoms with Crippen LogP contribution in [0, 0.1) is 17.3 Å². The largest absolute Gasteiger partial charge is 0.459 e. The lowest BCUT2D eigenvalue weighted by Gasteiger charge is -2.31. The Kier molecular flexibility index (Phi) is 11.9. The van der Waals surface area contributed by atoms with Crippen LogP contribution in [0.3, 0.4) is 0 Å². The van der Waals surface area contributed by atoms with Crippen LogP contribution in [-0.4, -0.2) is 89.3 Å². The van der Waals surface area contributed by atoms with Gasteiger partial charge in [0.2, 0.25) is 0 Å². The molecule has 2 aliphatic carbocycles. The topological polar surface area (TPSA) is 124 Å². The monoisotopic (exact) mass is 741 g/mol. The molecule has 2 aliphatic heterocycles. The number of alkyl carbamates (subject to hydrolysis) is 1. The fourth-order valence-corrected chi connectivity index (χ4v) is 7.81. The third-order valence-corrected chi connectivity index (χ3v) is 10.3. The molecule has 13 heteroatoms. The fourth-order valence-electron chi connectivity index (χ4n) is 7.81. The Morgan fingerprint density at radius 1 is 0.698 bits per heavy atom. The highest BCUT2D eigenvalue weighted by Gasteiger charge is 2.61. The summed E-state index contributed by atoms with van der Waals surface area (Å²) in [5.41, 5.74) is -1.28. The molecule has 11 nitrogen and oxygen atoms in total. The van der Waals surface area contributed by atoms with E-state index >= 15 is 0 Å². The maximum Gasteiger partial charge on any atom is 0.410 e. The maximum atomic E-state index is 14.4. The first-order chi connectivity index (χ1) is 24.9. The SMILES string of the molecule is CC(C)(C)OC(=O)N[C@@]12CC[C@@H](F)[C@@H]1CN(C(=O)OCc1ccccc1)C2.CC(C)(C)OC(=O)[C@@]12CC[C@@H](F)[C@@H]1CN(C(=O)OCc1ccccc1)C2. The quantitative estimate of drug-likeness (QED) is 0.241. The predicted molar refractivity (Wildman–Crippen MR) is 192 cm³/mol. The van der Waals surface area contributed by atoms with Crippen molar-refractivity contribution in [3.8, 4) is 0 Å². The summed E-state index contributed by atoms with van der Waals surface area (Å²) in [5.74, 6) is -1.38. The molecule has 53 heavy (non-hydrogen) atoms. The molecule has 0 aromatic heterocycles. The predicted octanol–water partition coefficient (Wildman–Crippen LogP) is 7.37. The molecular weight excluding hydrogens is 688 g/mol. The summed E-state index contributed by atoms with van der Waals surface area (Å²) >= 11 is 0. The summed E-state index contributed by atoms with van der Waals surface area (Å²) in [7, 11) is 0. The van der Waals surface area contributed by atoms with Crippen molar-refractivity contribution in [3.63, 3.8) is 0 Å². The first-order valence-electron chi connectivity index (χ1n) is 18.3. The second-order valence-corrected chi connectivity index (χ2v) is 16.6.